The van der Waals surface area contributed by atoms with Crippen LogP contribution in [0.5, 0.6) is 0 Å². The molecular weight excluding hydrogens is 492 g/mol. The minimum Gasteiger partial charge on any atom is -0.462 e. The van der Waals surface area contributed by atoms with Crippen LogP contribution in [0.2, 0.25) is 0 Å². The minimum atomic E-state index is -0.545. The van der Waals surface area contributed by atoms with E-state index in [9.17, 15) is 9.59 Å². The first-order chi connectivity index (χ1) is 16.5. The Morgan fingerprint density at radius 2 is 1.88 bits per heavy atom. The molecule has 11 heteroatoms. The van der Waals surface area contributed by atoms with Crippen LogP contribution in [0.4, 0.5) is 5.82 Å². The highest BCUT2D eigenvalue weighted by Crippen LogP contribution is 2.30. The largest absolute Gasteiger partial charge is 0.462 e. The first-order valence-corrected chi connectivity index (χ1v) is 12.5. The number of carbonyl (C=O) groups is 2. The summed E-state index contributed by atoms with van der Waals surface area (Å²) in [6.45, 7) is 3.92. The van der Waals surface area contributed by atoms with Gasteiger partial charge < -0.3 is 14.5 Å². The van der Waals surface area contributed by atoms with E-state index in [1.165, 1.54) is 0 Å². The number of hydrogen-bond donors (Lipinski definition) is 1. The summed E-state index contributed by atoms with van der Waals surface area (Å²) >= 11 is 7.66. The number of amides is 1. The molecule has 0 aliphatic rings. The molecule has 0 atom stereocenters. The molecule has 1 N–H and O–H groups in total. The van der Waals surface area contributed by atoms with E-state index in [-0.39, 0.29) is 34.2 Å². The van der Waals surface area contributed by atoms with Crippen molar-refractivity contribution < 1.29 is 18.7 Å². The molecule has 2 aromatic heterocycles. The third-order valence-corrected chi connectivity index (χ3v) is 6.75. The normalized spacial score (nSPS) is 10.8. The zero-order chi connectivity index (χ0) is 24.1. The number of esters is 1. The number of benzene rings is 2. The molecule has 0 fully saturated rings. The van der Waals surface area contributed by atoms with Crippen LogP contribution in [-0.4, -0.2) is 39.0 Å². The first-order valence-electron chi connectivity index (χ1n) is 10.3. The van der Waals surface area contributed by atoms with Crippen LogP contribution in [0, 0.1) is 10.9 Å². The summed E-state index contributed by atoms with van der Waals surface area (Å²) in [7, 11) is 0. The molecule has 1 amide bonds. The summed E-state index contributed by atoms with van der Waals surface area (Å²) < 4.78 is 12.9. The summed E-state index contributed by atoms with van der Waals surface area (Å²) in [5.41, 5.74) is 2.65. The van der Waals surface area contributed by atoms with E-state index >= 15 is 0 Å². The van der Waals surface area contributed by atoms with Crippen molar-refractivity contribution in [3.05, 3.63) is 69.0 Å². The second-order valence-corrected chi connectivity index (χ2v) is 9.58. The van der Waals surface area contributed by atoms with Crippen molar-refractivity contribution in [3.8, 4) is 17.1 Å². The maximum absolute atomic E-state index is 12.8. The lowest BCUT2D eigenvalue weighted by Gasteiger charge is -2.11. The van der Waals surface area contributed by atoms with Crippen molar-refractivity contribution in [2.45, 2.75) is 19.1 Å². The number of hydrogen-bond acceptors (Lipinski definition) is 9. The van der Waals surface area contributed by atoms with Gasteiger partial charge in [-0.3, -0.25) is 9.36 Å². The van der Waals surface area contributed by atoms with Crippen LogP contribution < -0.4 is 5.32 Å². The molecule has 2 aromatic carbocycles. The van der Waals surface area contributed by atoms with Gasteiger partial charge in [0.25, 0.3) is 5.22 Å². The highest BCUT2D eigenvalue weighted by molar-refractivity contribution is 7.99. The number of ether oxygens (including phenoxy) is 1. The van der Waals surface area contributed by atoms with Gasteiger partial charge in [0.1, 0.15) is 5.82 Å². The van der Waals surface area contributed by atoms with Gasteiger partial charge >= 0.3 is 5.97 Å². The average Bonchev–Trinajstić information content (AvgIpc) is 3.43. The number of para-hydroxylation sites is 1. The Kier molecular flexibility index (Phi) is 7.56. The van der Waals surface area contributed by atoms with Crippen LogP contribution in [0.15, 0.2) is 64.2 Å². The van der Waals surface area contributed by atoms with Crippen LogP contribution in [0.1, 0.15) is 22.2 Å². The molecule has 0 saturated heterocycles. The molecule has 0 aliphatic heterocycles. The fourth-order valence-electron chi connectivity index (χ4n) is 3.01. The van der Waals surface area contributed by atoms with Crippen LogP contribution in [0.3, 0.4) is 0 Å². The molecular formula is C23H20N4O4S3. The fraction of sp³-hybridized carbons (Fsp3) is 0.174. The van der Waals surface area contributed by atoms with Gasteiger partial charge in [0, 0.05) is 11.3 Å². The van der Waals surface area contributed by atoms with Crippen LogP contribution in [-0.2, 0) is 9.53 Å². The number of anilines is 1. The molecule has 8 nitrogen and oxygen atoms in total. The number of thioether (sulfide) groups is 1. The SMILES string of the molecule is CCOC(=O)c1sc(=S)n(-c2ccccc2)c1NC(=O)CSc1nnc(-c2ccc(C)cc2)o1. The maximum atomic E-state index is 12.8. The van der Waals surface area contributed by atoms with E-state index in [1.807, 2.05) is 61.5 Å². The van der Waals surface area contributed by atoms with Crippen molar-refractivity contribution in [1.29, 1.82) is 0 Å². The second-order valence-electron chi connectivity index (χ2n) is 7.01. The zero-order valence-corrected chi connectivity index (χ0v) is 20.8. The van der Waals surface area contributed by atoms with E-state index in [0.717, 1.165) is 39.9 Å². The molecule has 4 aromatic rings. The number of rotatable bonds is 8. The lowest BCUT2D eigenvalue weighted by molar-refractivity contribution is -0.113. The molecule has 0 radical (unpaired) electrons. The number of aromatic nitrogens is 3. The molecule has 34 heavy (non-hydrogen) atoms. The quantitative estimate of drug-likeness (QED) is 0.187. The maximum Gasteiger partial charge on any atom is 0.352 e. The van der Waals surface area contributed by atoms with Gasteiger partial charge in [-0.15, -0.1) is 10.2 Å². The van der Waals surface area contributed by atoms with Gasteiger partial charge in [0.15, 0.2) is 8.83 Å². The van der Waals surface area contributed by atoms with E-state index in [2.05, 4.69) is 15.5 Å². The van der Waals surface area contributed by atoms with E-state index < -0.39 is 5.97 Å². The van der Waals surface area contributed by atoms with E-state index in [4.69, 9.17) is 21.4 Å². The van der Waals surface area contributed by atoms with Crippen molar-refractivity contribution >= 4 is 53.0 Å². The molecule has 0 aliphatic carbocycles. The Bertz CT molecular complexity index is 1360. The Morgan fingerprint density at radius 1 is 1.15 bits per heavy atom. The summed E-state index contributed by atoms with van der Waals surface area (Å²) in [4.78, 5) is 25.6. The molecule has 4 rings (SSSR count). The van der Waals surface area contributed by atoms with Gasteiger partial charge in [0.05, 0.1) is 12.4 Å². The first kappa shape index (κ1) is 23.9. The Morgan fingerprint density at radius 3 is 2.59 bits per heavy atom. The number of carbonyl (C=O) groups excluding carboxylic acids is 2. The van der Waals surface area contributed by atoms with Gasteiger partial charge in [-0.25, -0.2) is 4.79 Å². The van der Waals surface area contributed by atoms with Gasteiger partial charge in [-0.05, 0) is 50.3 Å². The third kappa shape index (κ3) is 5.44. The number of nitrogens with one attached hydrogen (secondary N) is 1. The topological polar surface area (TPSA) is 99.2 Å². The smallest absolute Gasteiger partial charge is 0.352 e. The van der Waals surface area contributed by atoms with Crippen molar-refractivity contribution in [3.63, 3.8) is 0 Å². The lowest BCUT2D eigenvalue weighted by Crippen LogP contribution is -2.19. The van der Waals surface area contributed by atoms with Crippen molar-refractivity contribution in [2.75, 3.05) is 17.7 Å². The molecule has 0 unspecified atom stereocenters. The van der Waals surface area contributed by atoms with Crippen LogP contribution >= 0.6 is 35.3 Å². The van der Waals surface area contributed by atoms with E-state index in [0.29, 0.717) is 9.85 Å². The zero-order valence-electron chi connectivity index (χ0n) is 18.3. The molecule has 2 heterocycles. The number of aryl methyl sites for hydroxylation is 1. The second kappa shape index (κ2) is 10.8. The minimum absolute atomic E-state index is 0.00477. The molecule has 174 valence electrons. The Balaban J connectivity index is 1.52. The summed E-state index contributed by atoms with van der Waals surface area (Å²) in [5.74, 6) is -0.257. The van der Waals surface area contributed by atoms with Gasteiger partial charge in [-0.1, -0.05) is 59.0 Å². The van der Waals surface area contributed by atoms with Crippen LogP contribution in [0.25, 0.3) is 17.1 Å². The number of thiazole rings is 1. The summed E-state index contributed by atoms with van der Waals surface area (Å²) in [5, 5.41) is 11.1. The molecule has 0 bridgehead atoms. The van der Waals surface area contributed by atoms with Crippen molar-refractivity contribution in [1.82, 2.24) is 14.8 Å². The van der Waals surface area contributed by atoms with Gasteiger partial charge in [0.2, 0.25) is 11.8 Å². The van der Waals surface area contributed by atoms with Crippen molar-refractivity contribution in [2.24, 2.45) is 0 Å². The van der Waals surface area contributed by atoms with Gasteiger partial charge in [-0.2, -0.15) is 0 Å². The average molecular weight is 513 g/mol. The monoisotopic (exact) mass is 512 g/mol. The number of nitrogens with zero attached hydrogens (tertiary/aromatic N) is 3. The predicted molar refractivity (Wildman–Crippen MR) is 134 cm³/mol. The highest BCUT2D eigenvalue weighted by Gasteiger charge is 2.23. The molecule has 0 saturated carbocycles. The van der Waals surface area contributed by atoms with E-state index in [1.54, 1.807) is 11.5 Å². The highest BCUT2D eigenvalue weighted by atomic mass is 32.2. The Labute approximate surface area is 209 Å². The standard InChI is InChI=1S/C23H20N4O4S3/c1-3-30-21(29)18-19(27(23(32)34-18)16-7-5-4-6-8-16)24-17(28)13-33-22-26-25-20(31-22)15-11-9-14(2)10-12-15/h4-12H,3,13H2,1-2H3,(H,24,28). The molecule has 0 spiro atoms. The lowest BCUT2D eigenvalue weighted by atomic mass is 10.1. The fourth-order valence-corrected chi connectivity index (χ4v) is 4.86. The Hall–Kier alpha value is -3.28. The predicted octanol–water partition coefficient (Wildman–Crippen LogP) is 5.53. The summed E-state index contributed by atoms with van der Waals surface area (Å²) in [6, 6.07) is 16.9. The summed E-state index contributed by atoms with van der Waals surface area (Å²) in [6.07, 6.45) is 0. The third-order valence-electron chi connectivity index (χ3n) is 4.58.